The van der Waals surface area contributed by atoms with Crippen LogP contribution in [0.3, 0.4) is 0 Å². The van der Waals surface area contributed by atoms with E-state index in [0.717, 1.165) is 10.4 Å². The van der Waals surface area contributed by atoms with Gasteiger partial charge in [-0.1, -0.05) is 30.3 Å². The first-order valence-electron chi connectivity index (χ1n) is 8.09. The van der Waals surface area contributed by atoms with Crippen LogP contribution in [-0.2, 0) is 16.0 Å². The highest BCUT2D eigenvalue weighted by molar-refractivity contribution is 7.16. The van der Waals surface area contributed by atoms with E-state index >= 15 is 0 Å². The summed E-state index contributed by atoms with van der Waals surface area (Å²) >= 11 is 1.27. The van der Waals surface area contributed by atoms with Gasteiger partial charge in [-0.25, -0.2) is 4.98 Å². The molecule has 3 rings (SSSR count). The average molecular weight is 367 g/mol. The number of pyridine rings is 1. The average Bonchev–Trinajstić information content (AvgIpc) is 3.05. The second-order valence-electron chi connectivity index (χ2n) is 5.33. The van der Waals surface area contributed by atoms with Gasteiger partial charge in [-0.05, 0) is 19.1 Å². The molecule has 1 aromatic carbocycles. The standard InChI is InChI=1S/C19H17N3O3S/c1-2-25-16(23)11-15-17(13-7-4-3-5-8-13)21-19(26-15)22-18(24)14-9-6-10-20-12-14/h3-10,12H,2,11H2,1H3,(H,21,22,24). The summed E-state index contributed by atoms with van der Waals surface area (Å²) < 4.78 is 5.04. The Hall–Kier alpha value is -3.06. The van der Waals surface area contributed by atoms with Gasteiger partial charge in [-0.2, -0.15) is 0 Å². The molecule has 0 saturated carbocycles. The van der Waals surface area contributed by atoms with Crippen molar-refractivity contribution in [3.63, 3.8) is 0 Å². The number of rotatable bonds is 6. The molecule has 0 spiro atoms. The fraction of sp³-hybridized carbons (Fsp3) is 0.158. The summed E-state index contributed by atoms with van der Waals surface area (Å²) in [5.74, 6) is -0.618. The van der Waals surface area contributed by atoms with Crippen molar-refractivity contribution in [2.24, 2.45) is 0 Å². The Morgan fingerprint density at radius 3 is 2.65 bits per heavy atom. The molecular formula is C19H17N3O3S. The normalized spacial score (nSPS) is 10.3. The number of carbonyl (C=O) groups is 2. The van der Waals surface area contributed by atoms with Crippen LogP contribution in [0.5, 0.6) is 0 Å². The summed E-state index contributed by atoms with van der Waals surface area (Å²) in [6, 6.07) is 12.9. The molecule has 0 aliphatic carbocycles. The van der Waals surface area contributed by atoms with Crippen molar-refractivity contribution in [3.8, 4) is 11.3 Å². The summed E-state index contributed by atoms with van der Waals surface area (Å²) in [4.78, 5) is 33.4. The Kier molecular flexibility index (Phi) is 5.70. The van der Waals surface area contributed by atoms with Crippen molar-refractivity contribution in [2.45, 2.75) is 13.3 Å². The molecule has 132 valence electrons. The number of esters is 1. The maximum absolute atomic E-state index is 12.3. The van der Waals surface area contributed by atoms with Crippen molar-refractivity contribution in [1.82, 2.24) is 9.97 Å². The van der Waals surface area contributed by atoms with Crippen LogP contribution in [0.1, 0.15) is 22.2 Å². The predicted octanol–water partition coefficient (Wildman–Crippen LogP) is 3.56. The molecule has 0 radical (unpaired) electrons. The molecular weight excluding hydrogens is 350 g/mol. The van der Waals surface area contributed by atoms with E-state index < -0.39 is 0 Å². The van der Waals surface area contributed by atoms with E-state index in [1.54, 1.807) is 25.3 Å². The largest absolute Gasteiger partial charge is 0.466 e. The third-order valence-corrected chi connectivity index (χ3v) is 4.47. The van der Waals surface area contributed by atoms with E-state index in [1.807, 2.05) is 30.3 Å². The molecule has 3 aromatic rings. The van der Waals surface area contributed by atoms with Crippen LogP contribution < -0.4 is 5.32 Å². The number of hydrogen-bond acceptors (Lipinski definition) is 6. The van der Waals surface area contributed by atoms with Crippen molar-refractivity contribution in [2.75, 3.05) is 11.9 Å². The summed E-state index contributed by atoms with van der Waals surface area (Å²) in [5, 5.41) is 3.20. The lowest BCUT2D eigenvalue weighted by Gasteiger charge is -2.02. The minimum atomic E-state index is -0.321. The van der Waals surface area contributed by atoms with Crippen LogP contribution in [0.4, 0.5) is 5.13 Å². The number of anilines is 1. The number of amides is 1. The molecule has 1 N–H and O–H groups in total. The van der Waals surface area contributed by atoms with Gasteiger partial charge in [0.05, 0.1) is 24.3 Å². The number of ether oxygens (including phenoxy) is 1. The first-order valence-corrected chi connectivity index (χ1v) is 8.91. The fourth-order valence-electron chi connectivity index (χ4n) is 2.36. The van der Waals surface area contributed by atoms with E-state index in [4.69, 9.17) is 4.74 Å². The molecule has 0 aliphatic heterocycles. The Labute approximate surface area is 154 Å². The Balaban J connectivity index is 1.88. The highest BCUT2D eigenvalue weighted by atomic mass is 32.1. The Morgan fingerprint density at radius 1 is 1.15 bits per heavy atom. The fourth-order valence-corrected chi connectivity index (χ4v) is 3.32. The summed E-state index contributed by atoms with van der Waals surface area (Å²) in [5.41, 5.74) is 1.99. The molecule has 26 heavy (non-hydrogen) atoms. The number of benzene rings is 1. The number of nitrogens with one attached hydrogen (secondary N) is 1. The number of hydrogen-bond donors (Lipinski definition) is 1. The van der Waals surface area contributed by atoms with Crippen LogP contribution in [0, 0.1) is 0 Å². The van der Waals surface area contributed by atoms with E-state index in [9.17, 15) is 9.59 Å². The zero-order valence-corrected chi connectivity index (χ0v) is 15.0. The molecule has 2 aromatic heterocycles. The summed E-state index contributed by atoms with van der Waals surface area (Å²) in [7, 11) is 0. The summed E-state index contributed by atoms with van der Waals surface area (Å²) in [6.07, 6.45) is 3.20. The van der Waals surface area contributed by atoms with E-state index in [-0.39, 0.29) is 18.3 Å². The van der Waals surface area contributed by atoms with Crippen LogP contribution in [-0.4, -0.2) is 28.5 Å². The molecule has 1 amide bonds. The van der Waals surface area contributed by atoms with Gasteiger partial charge in [0, 0.05) is 22.8 Å². The van der Waals surface area contributed by atoms with E-state index in [2.05, 4.69) is 15.3 Å². The molecule has 0 unspecified atom stereocenters. The molecule has 0 fully saturated rings. The van der Waals surface area contributed by atoms with Gasteiger partial charge in [0.2, 0.25) is 0 Å². The number of aromatic nitrogens is 2. The quantitative estimate of drug-likeness (QED) is 0.674. The lowest BCUT2D eigenvalue weighted by molar-refractivity contribution is -0.142. The van der Waals surface area contributed by atoms with Crippen molar-refractivity contribution >= 4 is 28.3 Å². The van der Waals surface area contributed by atoms with Gasteiger partial charge in [-0.3, -0.25) is 19.9 Å². The molecule has 0 atom stereocenters. The summed E-state index contributed by atoms with van der Waals surface area (Å²) in [6.45, 7) is 2.09. The third-order valence-electron chi connectivity index (χ3n) is 3.50. The molecule has 2 heterocycles. The second kappa shape index (κ2) is 8.35. The van der Waals surface area contributed by atoms with Crippen molar-refractivity contribution in [1.29, 1.82) is 0 Å². The van der Waals surface area contributed by atoms with E-state index in [0.29, 0.717) is 23.0 Å². The van der Waals surface area contributed by atoms with Crippen LogP contribution in [0.25, 0.3) is 11.3 Å². The van der Waals surface area contributed by atoms with Crippen LogP contribution in [0.15, 0.2) is 54.9 Å². The Bertz CT molecular complexity index is 895. The number of thiazole rings is 1. The van der Waals surface area contributed by atoms with Gasteiger partial charge in [-0.15, -0.1) is 11.3 Å². The first-order chi connectivity index (χ1) is 12.7. The molecule has 6 nitrogen and oxygen atoms in total. The maximum Gasteiger partial charge on any atom is 0.311 e. The minimum Gasteiger partial charge on any atom is -0.466 e. The van der Waals surface area contributed by atoms with Crippen LogP contribution >= 0.6 is 11.3 Å². The van der Waals surface area contributed by atoms with E-state index in [1.165, 1.54) is 17.5 Å². The first kappa shape index (κ1) is 17.8. The van der Waals surface area contributed by atoms with Crippen LogP contribution in [0.2, 0.25) is 0 Å². The second-order valence-corrected chi connectivity index (χ2v) is 6.42. The lowest BCUT2D eigenvalue weighted by atomic mass is 10.1. The molecule has 0 aliphatic rings. The smallest absolute Gasteiger partial charge is 0.311 e. The molecule has 0 saturated heterocycles. The topological polar surface area (TPSA) is 81.2 Å². The zero-order chi connectivity index (χ0) is 18.4. The molecule has 0 bridgehead atoms. The number of carbonyl (C=O) groups excluding carboxylic acids is 2. The highest BCUT2D eigenvalue weighted by Crippen LogP contribution is 2.32. The van der Waals surface area contributed by atoms with Crippen molar-refractivity contribution in [3.05, 3.63) is 65.3 Å². The van der Waals surface area contributed by atoms with Gasteiger partial charge >= 0.3 is 5.97 Å². The molecule has 7 heteroatoms. The maximum atomic E-state index is 12.3. The lowest BCUT2D eigenvalue weighted by Crippen LogP contribution is -2.11. The zero-order valence-electron chi connectivity index (χ0n) is 14.1. The minimum absolute atomic E-state index is 0.110. The van der Waals surface area contributed by atoms with Crippen molar-refractivity contribution < 1.29 is 14.3 Å². The Morgan fingerprint density at radius 2 is 1.96 bits per heavy atom. The number of nitrogens with zero attached hydrogens (tertiary/aromatic N) is 2. The third kappa shape index (κ3) is 4.31. The van der Waals surface area contributed by atoms with Gasteiger partial charge in [0.25, 0.3) is 5.91 Å². The highest BCUT2D eigenvalue weighted by Gasteiger charge is 2.18. The van der Waals surface area contributed by atoms with Gasteiger partial charge < -0.3 is 4.74 Å². The van der Waals surface area contributed by atoms with Gasteiger partial charge in [0.15, 0.2) is 5.13 Å². The van der Waals surface area contributed by atoms with Gasteiger partial charge in [0.1, 0.15) is 0 Å². The predicted molar refractivity (Wildman–Crippen MR) is 100 cm³/mol. The monoisotopic (exact) mass is 367 g/mol. The SMILES string of the molecule is CCOC(=O)Cc1sc(NC(=O)c2cccnc2)nc1-c1ccccc1.